The van der Waals surface area contributed by atoms with Gasteiger partial charge in [-0.1, -0.05) is 23.4 Å². The van der Waals surface area contributed by atoms with Crippen molar-refractivity contribution in [1.29, 1.82) is 0 Å². The summed E-state index contributed by atoms with van der Waals surface area (Å²) in [5.74, 6) is 0.613. The number of nitrogens with zero attached hydrogens (tertiary/aromatic N) is 2. The maximum Gasteiger partial charge on any atom is 0.227 e. The van der Waals surface area contributed by atoms with Gasteiger partial charge in [-0.25, -0.2) is 8.42 Å². The van der Waals surface area contributed by atoms with Crippen molar-refractivity contribution in [2.45, 2.75) is 25.0 Å². The Hall–Kier alpha value is -1.89. The van der Waals surface area contributed by atoms with E-state index < -0.39 is 15.1 Å². The van der Waals surface area contributed by atoms with Gasteiger partial charge in [0.25, 0.3) is 0 Å². The summed E-state index contributed by atoms with van der Waals surface area (Å²) in [5, 5.41) is 2.96. The maximum atomic E-state index is 11.4. The Kier molecular flexibility index (Phi) is 4.08. The summed E-state index contributed by atoms with van der Waals surface area (Å²) >= 11 is 0. The van der Waals surface area contributed by atoms with Gasteiger partial charge in [0.1, 0.15) is 5.25 Å². The van der Waals surface area contributed by atoms with Gasteiger partial charge in [0, 0.05) is 18.4 Å². The van der Waals surface area contributed by atoms with Crippen molar-refractivity contribution in [1.82, 2.24) is 10.1 Å². The van der Waals surface area contributed by atoms with Crippen molar-refractivity contribution in [3.8, 4) is 0 Å². The second-order valence-corrected chi connectivity index (χ2v) is 7.08. The first-order valence-electron chi connectivity index (χ1n) is 6.22. The molecule has 0 radical (unpaired) electrons. The lowest BCUT2D eigenvalue weighted by Gasteiger charge is -2.03. The van der Waals surface area contributed by atoms with Crippen LogP contribution in [0.5, 0.6) is 0 Å². The quantitative estimate of drug-likeness (QED) is 0.840. The van der Waals surface area contributed by atoms with Gasteiger partial charge in [0.2, 0.25) is 5.89 Å². The van der Waals surface area contributed by atoms with Crippen LogP contribution in [0.2, 0.25) is 0 Å². The van der Waals surface area contributed by atoms with Gasteiger partial charge in [0.15, 0.2) is 15.7 Å². The summed E-state index contributed by atoms with van der Waals surface area (Å²) < 4.78 is 27.9. The molecule has 6 nitrogen and oxygen atoms in total. The maximum absolute atomic E-state index is 11.4. The van der Waals surface area contributed by atoms with E-state index >= 15 is 0 Å². The number of aryl methyl sites for hydroxylation is 2. The van der Waals surface area contributed by atoms with Crippen molar-refractivity contribution < 1.29 is 12.9 Å². The first-order chi connectivity index (χ1) is 9.38. The molecule has 0 aliphatic carbocycles. The number of benzene rings is 1. The minimum absolute atomic E-state index is 0.198. The van der Waals surface area contributed by atoms with Gasteiger partial charge in [-0.05, 0) is 25.0 Å². The minimum Gasteiger partial charge on any atom is -0.399 e. The molecule has 1 aromatic heterocycles. The summed E-state index contributed by atoms with van der Waals surface area (Å²) in [6.07, 6.45) is 2.34. The third-order valence-corrected chi connectivity index (χ3v) is 4.65. The Bertz CT molecular complexity index is 694. The number of nitrogens with two attached hydrogens (primary N) is 1. The molecule has 0 aliphatic rings. The third kappa shape index (κ3) is 3.36. The average molecular weight is 295 g/mol. The van der Waals surface area contributed by atoms with Crippen LogP contribution in [-0.4, -0.2) is 24.8 Å². The van der Waals surface area contributed by atoms with Crippen LogP contribution in [0.15, 0.2) is 28.8 Å². The van der Waals surface area contributed by atoms with Crippen LogP contribution < -0.4 is 5.73 Å². The molecule has 2 aromatic rings. The Morgan fingerprint density at radius 1 is 1.30 bits per heavy atom. The number of nitrogen functional groups attached to an aromatic ring is 1. The third-order valence-electron chi connectivity index (χ3n) is 3.15. The lowest BCUT2D eigenvalue weighted by Crippen LogP contribution is -2.09. The van der Waals surface area contributed by atoms with Crippen molar-refractivity contribution in [2.75, 3.05) is 12.0 Å². The molecule has 0 aliphatic heterocycles. The van der Waals surface area contributed by atoms with Gasteiger partial charge in [-0.15, -0.1) is 0 Å². The molecular weight excluding hydrogens is 278 g/mol. The van der Waals surface area contributed by atoms with E-state index in [1.54, 1.807) is 6.92 Å². The van der Waals surface area contributed by atoms with E-state index in [9.17, 15) is 8.42 Å². The smallest absolute Gasteiger partial charge is 0.227 e. The van der Waals surface area contributed by atoms with Crippen molar-refractivity contribution in [3.63, 3.8) is 0 Å². The summed E-state index contributed by atoms with van der Waals surface area (Å²) in [6, 6.07) is 7.56. The number of sulfone groups is 1. The van der Waals surface area contributed by atoms with E-state index in [1.807, 2.05) is 24.3 Å². The molecule has 20 heavy (non-hydrogen) atoms. The Balaban J connectivity index is 2.06. The van der Waals surface area contributed by atoms with Crippen LogP contribution in [0, 0.1) is 0 Å². The highest BCUT2D eigenvalue weighted by Crippen LogP contribution is 2.19. The van der Waals surface area contributed by atoms with Gasteiger partial charge < -0.3 is 10.3 Å². The van der Waals surface area contributed by atoms with E-state index in [4.69, 9.17) is 10.3 Å². The summed E-state index contributed by atoms with van der Waals surface area (Å²) in [5.41, 5.74) is 7.57. The number of hydrogen-bond acceptors (Lipinski definition) is 6. The molecule has 1 aromatic carbocycles. The molecule has 108 valence electrons. The highest BCUT2D eigenvalue weighted by atomic mass is 32.2. The molecule has 0 spiro atoms. The normalized spacial score (nSPS) is 13.3. The largest absolute Gasteiger partial charge is 0.399 e. The van der Waals surface area contributed by atoms with Crippen LogP contribution in [-0.2, 0) is 22.7 Å². The molecular formula is C13H17N3O3S. The second kappa shape index (κ2) is 5.62. The fourth-order valence-corrected chi connectivity index (χ4v) is 2.21. The predicted octanol–water partition coefficient (Wildman–Crippen LogP) is 1.54. The molecule has 1 atom stereocenters. The monoisotopic (exact) mass is 295 g/mol. The fraction of sp³-hybridized carbons (Fsp3) is 0.385. The number of anilines is 1. The van der Waals surface area contributed by atoms with E-state index in [0.717, 1.165) is 17.5 Å². The summed E-state index contributed by atoms with van der Waals surface area (Å²) in [4.78, 5) is 4.12. The van der Waals surface area contributed by atoms with Crippen LogP contribution in [0.3, 0.4) is 0 Å². The summed E-state index contributed by atoms with van der Waals surface area (Å²) in [6.45, 7) is 1.54. The fourth-order valence-electron chi connectivity index (χ4n) is 1.73. The minimum atomic E-state index is -3.22. The van der Waals surface area contributed by atoms with E-state index in [-0.39, 0.29) is 5.82 Å². The molecule has 0 saturated heterocycles. The Morgan fingerprint density at radius 2 is 2.00 bits per heavy atom. The lowest BCUT2D eigenvalue weighted by atomic mass is 10.1. The van der Waals surface area contributed by atoms with Crippen LogP contribution in [0.25, 0.3) is 0 Å². The number of para-hydroxylation sites is 1. The molecule has 1 unspecified atom stereocenters. The highest BCUT2D eigenvalue weighted by molar-refractivity contribution is 7.90. The molecule has 1 heterocycles. The molecule has 0 bridgehead atoms. The molecule has 0 fully saturated rings. The first kappa shape index (κ1) is 14.5. The molecule has 0 saturated carbocycles. The van der Waals surface area contributed by atoms with E-state index in [1.165, 1.54) is 0 Å². The van der Waals surface area contributed by atoms with E-state index in [0.29, 0.717) is 18.7 Å². The molecule has 7 heteroatoms. The molecule has 2 rings (SSSR count). The Labute approximate surface area is 117 Å². The number of rotatable bonds is 5. The zero-order chi connectivity index (χ0) is 14.8. The summed E-state index contributed by atoms with van der Waals surface area (Å²) in [7, 11) is -3.22. The Morgan fingerprint density at radius 3 is 2.65 bits per heavy atom. The number of hydrogen-bond donors (Lipinski definition) is 1. The average Bonchev–Trinajstić information content (AvgIpc) is 2.84. The predicted molar refractivity (Wildman–Crippen MR) is 75.8 cm³/mol. The standard InChI is InChI=1S/C13H17N3O3S/c1-9(20(2,17)18)13-15-12(19-16-13)8-7-10-5-3-4-6-11(10)14/h3-6,9H,7-8,14H2,1-2H3. The van der Waals surface area contributed by atoms with Crippen molar-refractivity contribution >= 4 is 15.5 Å². The zero-order valence-electron chi connectivity index (χ0n) is 11.4. The second-order valence-electron chi connectivity index (χ2n) is 4.72. The molecule has 2 N–H and O–H groups in total. The first-order valence-corrected chi connectivity index (χ1v) is 8.18. The van der Waals surface area contributed by atoms with Crippen LogP contribution in [0.1, 0.15) is 29.5 Å². The molecule has 0 amide bonds. The zero-order valence-corrected chi connectivity index (χ0v) is 12.2. The van der Waals surface area contributed by atoms with Gasteiger partial charge in [0.05, 0.1) is 0 Å². The SMILES string of the molecule is CC(c1noc(CCc2ccccc2N)n1)S(C)(=O)=O. The van der Waals surface area contributed by atoms with Crippen molar-refractivity contribution in [2.24, 2.45) is 0 Å². The van der Waals surface area contributed by atoms with E-state index in [2.05, 4.69) is 10.1 Å². The van der Waals surface area contributed by atoms with Gasteiger partial charge >= 0.3 is 0 Å². The topological polar surface area (TPSA) is 99.1 Å². The van der Waals surface area contributed by atoms with Crippen LogP contribution >= 0.6 is 0 Å². The van der Waals surface area contributed by atoms with Gasteiger partial charge in [-0.2, -0.15) is 4.98 Å². The van der Waals surface area contributed by atoms with Crippen molar-refractivity contribution in [3.05, 3.63) is 41.5 Å². The lowest BCUT2D eigenvalue weighted by molar-refractivity contribution is 0.372. The van der Waals surface area contributed by atoms with Crippen LogP contribution in [0.4, 0.5) is 5.69 Å². The highest BCUT2D eigenvalue weighted by Gasteiger charge is 2.22. The number of aromatic nitrogens is 2. The van der Waals surface area contributed by atoms with Gasteiger partial charge in [-0.3, -0.25) is 0 Å².